The summed E-state index contributed by atoms with van der Waals surface area (Å²) in [5.41, 5.74) is 3.68. The van der Waals surface area contributed by atoms with Gasteiger partial charge in [-0.2, -0.15) is 0 Å². The van der Waals surface area contributed by atoms with E-state index in [4.69, 9.17) is 0 Å². The molecule has 1 N–H and O–H groups in total. The van der Waals surface area contributed by atoms with Crippen LogP contribution in [0, 0.1) is 13.8 Å². The fourth-order valence-corrected chi connectivity index (χ4v) is 3.76. The van der Waals surface area contributed by atoms with Crippen LogP contribution in [0.25, 0.3) is 0 Å². The molecule has 1 aromatic heterocycles. The van der Waals surface area contributed by atoms with Gasteiger partial charge in [0.15, 0.2) is 5.78 Å². The molecule has 5 heteroatoms. The number of thiophene rings is 1. The third kappa shape index (κ3) is 4.29. The third-order valence-electron chi connectivity index (χ3n) is 4.15. The van der Waals surface area contributed by atoms with Crippen molar-refractivity contribution in [2.45, 2.75) is 20.3 Å². The lowest BCUT2D eigenvalue weighted by Crippen LogP contribution is -2.17. The van der Waals surface area contributed by atoms with Gasteiger partial charge in [-0.05, 0) is 60.7 Å². The molecule has 0 fully saturated rings. The van der Waals surface area contributed by atoms with E-state index in [0.717, 1.165) is 20.5 Å². The number of aryl methyl sites for hydroxylation is 2. The highest BCUT2D eigenvalue weighted by Gasteiger charge is 2.17. The molecule has 0 radical (unpaired) electrons. The SMILES string of the molecule is Cc1cc(NC(=O)Cc2cccs2)c(C(=O)c2cccc(Br)c2)cc1C. The monoisotopic (exact) mass is 427 g/mol. The van der Waals surface area contributed by atoms with Crippen molar-refractivity contribution >= 4 is 44.6 Å². The second kappa shape index (κ2) is 7.98. The van der Waals surface area contributed by atoms with Crippen molar-refractivity contribution in [2.75, 3.05) is 5.32 Å². The predicted molar refractivity (Wildman–Crippen MR) is 110 cm³/mol. The van der Waals surface area contributed by atoms with Crippen LogP contribution in [-0.2, 0) is 11.2 Å². The average Bonchev–Trinajstić information content (AvgIpc) is 3.10. The maximum absolute atomic E-state index is 13.0. The molecule has 0 aliphatic carbocycles. The van der Waals surface area contributed by atoms with Gasteiger partial charge in [0.25, 0.3) is 0 Å². The third-order valence-corrected chi connectivity index (χ3v) is 5.52. The molecule has 0 saturated carbocycles. The fourth-order valence-electron chi connectivity index (χ4n) is 2.66. The van der Waals surface area contributed by atoms with Gasteiger partial charge in [-0.3, -0.25) is 9.59 Å². The Morgan fingerprint density at radius 1 is 1.04 bits per heavy atom. The molecule has 1 heterocycles. The number of anilines is 1. The molecule has 3 aromatic rings. The zero-order valence-corrected chi connectivity index (χ0v) is 16.9. The normalized spacial score (nSPS) is 10.6. The van der Waals surface area contributed by atoms with Gasteiger partial charge < -0.3 is 5.32 Å². The summed E-state index contributed by atoms with van der Waals surface area (Å²) in [5, 5.41) is 4.86. The van der Waals surface area contributed by atoms with Gasteiger partial charge in [0, 0.05) is 20.5 Å². The Kier molecular flexibility index (Phi) is 5.69. The highest BCUT2D eigenvalue weighted by molar-refractivity contribution is 9.10. The molecular weight excluding hydrogens is 410 g/mol. The standard InChI is InChI=1S/C21H18BrNO2S/c1-13-9-18(21(25)15-5-3-6-16(22)11-15)19(10-14(13)2)23-20(24)12-17-7-4-8-26-17/h3-11H,12H2,1-2H3,(H,23,24). The van der Waals surface area contributed by atoms with Crippen molar-refractivity contribution in [1.29, 1.82) is 0 Å². The molecule has 1 amide bonds. The molecule has 0 saturated heterocycles. The largest absolute Gasteiger partial charge is 0.325 e. The van der Waals surface area contributed by atoms with E-state index in [1.807, 2.05) is 55.6 Å². The van der Waals surface area contributed by atoms with Gasteiger partial charge in [-0.25, -0.2) is 0 Å². The number of hydrogen-bond donors (Lipinski definition) is 1. The summed E-state index contributed by atoms with van der Waals surface area (Å²) in [7, 11) is 0. The smallest absolute Gasteiger partial charge is 0.229 e. The molecule has 0 spiro atoms. The summed E-state index contributed by atoms with van der Waals surface area (Å²) in [5.74, 6) is -0.236. The number of rotatable bonds is 5. The van der Waals surface area contributed by atoms with Crippen molar-refractivity contribution in [2.24, 2.45) is 0 Å². The Bertz CT molecular complexity index is 964. The minimum atomic E-state index is -0.126. The number of nitrogens with one attached hydrogen (secondary N) is 1. The molecule has 0 aliphatic heterocycles. The van der Waals surface area contributed by atoms with Crippen LogP contribution < -0.4 is 5.32 Å². The summed E-state index contributed by atoms with van der Waals surface area (Å²) in [6.07, 6.45) is 0.301. The molecule has 0 aliphatic rings. The molecule has 132 valence electrons. The number of halogens is 1. The highest BCUT2D eigenvalue weighted by atomic mass is 79.9. The van der Waals surface area contributed by atoms with E-state index >= 15 is 0 Å². The number of hydrogen-bond acceptors (Lipinski definition) is 3. The van der Waals surface area contributed by atoms with Gasteiger partial charge in [-0.15, -0.1) is 11.3 Å². The minimum Gasteiger partial charge on any atom is -0.325 e. The second-order valence-corrected chi connectivity index (χ2v) is 8.07. The molecule has 0 unspecified atom stereocenters. The summed E-state index contributed by atoms with van der Waals surface area (Å²) in [6, 6.07) is 14.8. The van der Waals surface area contributed by atoms with E-state index < -0.39 is 0 Å². The van der Waals surface area contributed by atoms with Crippen molar-refractivity contribution < 1.29 is 9.59 Å². The number of amides is 1. The predicted octanol–water partition coefficient (Wildman–Crippen LogP) is 5.54. The van der Waals surface area contributed by atoms with E-state index in [1.54, 1.807) is 23.5 Å². The van der Waals surface area contributed by atoms with Crippen molar-refractivity contribution in [3.63, 3.8) is 0 Å². The second-order valence-electron chi connectivity index (χ2n) is 6.13. The van der Waals surface area contributed by atoms with E-state index in [9.17, 15) is 9.59 Å². The van der Waals surface area contributed by atoms with Crippen molar-refractivity contribution in [3.05, 3.63) is 85.5 Å². The zero-order chi connectivity index (χ0) is 18.7. The molecule has 0 atom stereocenters. The van der Waals surface area contributed by atoms with Gasteiger partial charge in [0.05, 0.1) is 12.1 Å². The first-order valence-electron chi connectivity index (χ1n) is 8.18. The Morgan fingerprint density at radius 3 is 2.50 bits per heavy atom. The molecule has 3 rings (SSSR count). The number of ketones is 1. The topological polar surface area (TPSA) is 46.2 Å². The van der Waals surface area contributed by atoms with Gasteiger partial charge in [0.1, 0.15) is 0 Å². The van der Waals surface area contributed by atoms with Gasteiger partial charge >= 0.3 is 0 Å². The van der Waals surface area contributed by atoms with E-state index in [-0.39, 0.29) is 11.7 Å². The lowest BCUT2D eigenvalue weighted by molar-refractivity contribution is -0.115. The van der Waals surface area contributed by atoms with Crippen LogP contribution in [0.3, 0.4) is 0 Å². The first kappa shape index (κ1) is 18.5. The summed E-state index contributed by atoms with van der Waals surface area (Å²) < 4.78 is 0.843. The maximum Gasteiger partial charge on any atom is 0.229 e. The average molecular weight is 428 g/mol. The number of carbonyl (C=O) groups is 2. The number of carbonyl (C=O) groups excluding carboxylic acids is 2. The summed E-state index contributed by atoms with van der Waals surface area (Å²) >= 11 is 4.94. The van der Waals surface area contributed by atoms with Crippen LogP contribution in [0.5, 0.6) is 0 Å². The van der Waals surface area contributed by atoms with Crippen LogP contribution in [0.15, 0.2) is 58.4 Å². The number of benzene rings is 2. The molecule has 2 aromatic carbocycles. The Balaban J connectivity index is 1.93. The fraction of sp³-hybridized carbons (Fsp3) is 0.143. The molecule has 0 bridgehead atoms. The van der Waals surface area contributed by atoms with Gasteiger partial charge in [-0.1, -0.05) is 34.1 Å². The minimum absolute atomic E-state index is 0.110. The maximum atomic E-state index is 13.0. The highest BCUT2D eigenvalue weighted by Crippen LogP contribution is 2.25. The van der Waals surface area contributed by atoms with Gasteiger partial charge in [0.2, 0.25) is 5.91 Å². The molecule has 3 nitrogen and oxygen atoms in total. The summed E-state index contributed by atoms with van der Waals surface area (Å²) in [6.45, 7) is 3.93. The van der Waals surface area contributed by atoms with Crippen LogP contribution in [0.2, 0.25) is 0 Å². The van der Waals surface area contributed by atoms with Crippen LogP contribution in [0.1, 0.15) is 31.9 Å². The molecular formula is C21H18BrNO2S. The molecule has 26 heavy (non-hydrogen) atoms. The summed E-state index contributed by atoms with van der Waals surface area (Å²) in [4.78, 5) is 26.4. The Labute approximate surface area is 165 Å². The lowest BCUT2D eigenvalue weighted by atomic mass is 9.97. The van der Waals surface area contributed by atoms with E-state index in [1.165, 1.54) is 0 Å². The van der Waals surface area contributed by atoms with Crippen LogP contribution in [-0.4, -0.2) is 11.7 Å². The Morgan fingerprint density at radius 2 is 1.81 bits per heavy atom. The van der Waals surface area contributed by atoms with Crippen molar-refractivity contribution in [3.8, 4) is 0 Å². The van der Waals surface area contributed by atoms with E-state index in [2.05, 4.69) is 21.2 Å². The van der Waals surface area contributed by atoms with Crippen molar-refractivity contribution in [1.82, 2.24) is 0 Å². The van der Waals surface area contributed by atoms with Crippen LogP contribution >= 0.6 is 27.3 Å². The Hall–Kier alpha value is -2.24. The first-order chi connectivity index (χ1) is 12.4. The van der Waals surface area contributed by atoms with Crippen LogP contribution in [0.4, 0.5) is 5.69 Å². The zero-order valence-electron chi connectivity index (χ0n) is 14.5. The van der Waals surface area contributed by atoms with E-state index in [0.29, 0.717) is 23.2 Å². The lowest BCUT2D eigenvalue weighted by Gasteiger charge is -2.14. The first-order valence-corrected chi connectivity index (χ1v) is 9.85. The quantitative estimate of drug-likeness (QED) is 0.543.